The van der Waals surface area contributed by atoms with E-state index in [-0.39, 0.29) is 37.2 Å². The minimum atomic E-state index is -4.45. The van der Waals surface area contributed by atoms with Crippen molar-refractivity contribution in [3.63, 3.8) is 0 Å². The van der Waals surface area contributed by atoms with Gasteiger partial charge in [0.05, 0.1) is 12.2 Å². The van der Waals surface area contributed by atoms with Gasteiger partial charge < -0.3 is 15.6 Å². The number of nitrogens with two attached hydrogens (primary N) is 1. The van der Waals surface area contributed by atoms with Gasteiger partial charge in [0.1, 0.15) is 5.75 Å². The number of benzene rings is 1. The lowest BCUT2D eigenvalue weighted by molar-refractivity contribution is -0.139. The SMILES string of the molecule is CC(CCOc1ccccc1C(F)(F)F)CC(CN)CC(=O)O. The van der Waals surface area contributed by atoms with Crippen LogP contribution in [-0.4, -0.2) is 24.2 Å². The van der Waals surface area contributed by atoms with Gasteiger partial charge in [0.2, 0.25) is 0 Å². The molecule has 1 aromatic rings. The van der Waals surface area contributed by atoms with Crippen molar-refractivity contribution in [1.82, 2.24) is 0 Å². The van der Waals surface area contributed by atoms with Crippen LogP contribution in [0.5, 0.6) is 5.75 Å². The molecule has 0 bridgehead atoms. The quantitative estimate of drug-likeness (QED) is 0.725. The van der Waals surface area contributed by atoms with Crippen molar-refractivity contribution in [2.45, 2.75) is 32.4 Å². The van der Waals surface area contributed by atoms with Crippen molar-refractivity contribution in [2.75, 3.05) is 13.2 Å². The number of aliphatic carboxylic acids is 1. The largest absolute Gasteiger partial charge is 0.493 e. The number of carboxylic acids is 1. The van der Waals surface area contributed by atoms with Crippen LogP contribution in [0.1, 0.15) is 31.7 Å². The van der Waals surface area contributed by atoms with E-state index in [1.165, 1.54) is 18.2 Å². The number of carboxylic acid groups (broad SMARTS) is 1. The van der Waals surface area contributed by atoms with Crippen LogP contribution in [0.15, 0.2) is 24.3 Å². The van der Waals surface area contributed by atoms with Crippen molar-refractivity contribution >= 4 is 5.97 Å². The maximum atomic E-state index is 12.8. The van der Waals surface area contributed by atoms with Gasteiger partial charge in [-0.2, -0.15) is 13.2 Å². The van der Waals surface area contributed by atoms with Gasteiger partial charge in [0.25, 0.3) is 0 Å². The van der Waals surface area contributed by atoms with Gasteiger partial charge in [0.15, 0.2) is 0 Å². The molecule has 2 unspecified atom stereocenters. The number of hydrogen-bond acceptors (Lipinski definition) is 3. The maximum absolute atomic E-state index is 12.8. The van der Waals surface area contributed by atoms with Crippen LogP contribution >= 0.6 is 0 Å². The first-order valence-corrected chi connectivity index (χ1v) is 7.45. The van der Waals surface area contributed by atoms with Gasteiger partial charge >= 0.3 is 12.1 Å². The van der Waals surface area contributed by atoms with E-state index in [0.717, 1.165) is 6.07 Å². The molecule has 0 aliphatic heterocycles. The van der Waals surface area contributed by atoms with Gasteiger partial charge in [-0.05, 0) is 43.4 Å². The molecule has 0 radical (unpaired) electrons. The molecule has 0 aliphatic carbocycles. The smallest absolute Gasteiger partial charge is 0.419 e. The lowest BCUT2D eigenvalue weighted by Gasteiger charge is -2.19. The molecule has 0 saturated carbocycles. The van der Waals surface area contributed by atoms with Crippen LogP contribution < -0.4 is 10.5 Å². The maximum Gasteiger partial charge on any atom is 0.419 e. The number of carbonyl (C=O) groups is 1. The summed E-state index contributed by atoms with van der Waals surface area (Å²) in [7, 11) is 0. The summed E-state index contributed by atoms with van der Waals surface area (Å²) < 4.78 is 43.7. The number of rotatable bonds is 9. The Morgan fingerprint density at radius 2 is 2.00 bits per heavy atom. The molecular weight excluding hydrogens is 311 g/mol. The summed E-state index contributed by atoms with van der Waals surface area (Å²) in [6.45, 7) is 2.32. The molecule has 0 heterocycles. The monoisotopic (exact) mass is 333 g/mol. The zero-order valence-electron chi connectivity index (χ0n) is 13.0. The fourth-order valence-corrected chi connectivity index (χ4v) is 2.39. The zero-order valence-corrected chi connectivity index (χ0v) is 13.0. The molecule has 0 fully saturated rings. The van der Waals surface area contributed by atoms with Crippen LogP contribution in [0.2, 0.25) is 0 Å². The van der Waals surface area contributed by atoms with Gasteiger partial charge in [0, 0.05) is 6.42 Å². The molecular formula is C16H22F3NO3. The molecule has 0 saturated heterocycles. The zero-order chi connectivity index (χ0) is 17.5. The predicted molar refractivity (Wildman–Crippen MR) is 80.1 cm³/mol. The molecule has 1 aromatic carbocycles. The van der Waals surface area contributed by atoms with Crippen molar-refractivity contribution in [2.24, 2.45) is 17.6 Å². The third-order valence-electron chi connectivity index (χ3n) is 3.59. The average Bonchev–Trinajstić information content (AvgIpc) is 2.45. The van der Waals surface area contributed by atoms with E-state index in [0.29, 0.717) is 12.8 Å². The summed E-state index contributed by atoms with van der Waals surface area (Å²) in [5, 5.41) is 8.77. The van der Waals surface area contributed by atoms with Crippen molar-refractivity contribution in [3.05, 3.63) is 29.8 Å². The highest BCUT2D eigenvalue weighted by Crippen LogP contribution is 2.36. The molecule has 0 amide bonds. The molecule has 0 spiro atoms. The summed E-state index contributed by atoms with van der Waals surface area (Å²) in [5.74, 6) is -1.11. The van der Waals surface area contributed by atoms with Gasteiger partial charge in [-0.3, -0.25) is 4.79 Å². The van der Waals surface area contributed by atoms with Crippen LogP contribution in [0.25, 0.3) is 0 Å². The van der Waals surface area contributed by atoms with Crippen LogP contribution in [0.4, 0.5) is 13.2 Å². The number of halogens is 3. The summed E-state index contributed by atoms with van der Waals surface area (Å²) in [4.78, 5) is 10.7. The summed E-state index contributed by atoms with van der Waals surface area (Å²) in [5.41, 5.74) is 4.74. The Hall–Kier alpha value is -1.76. The lowest BCUT2D eigenvalue weighted by atomic mass is 9.91. The summed E-state index contributed by atoms with van der Waals surface area (Å²) in [6.07, 6.45) is -3.32. The van der Waals surface area contributed by atoms with E-state index in [2.05, 4.69) is 0 Å². The van der Waals surface area contributed by atoms with Gasteiger partial charge in [-0.1, -0.05) is 19.1 Å². The Kier molecular flexibility index (Phi) is 7.35. The van der Waals surface area contributed by atoms with Crippen molar-refractivity contribution < 1.29 is 27.8 Å². The second-order valence-corrected chi connectivity index (χ2v) is 5.67. The molecule has 1 rings (SSSR count). The third kappa shape index (κ3) is 6.90. The molecule has 7 heteroatoms. The van der Waals surface area contributed by atoms with E-state index >= 15 is 0 Å². The van der Waals surface area contributed by atoms with Crippen molar-refractivity contribution in [3.8, 4) is 5.75 Å². The van der Waals surface area contributed by atoms with Gasteiger partial charge in [-0.15, -0.1) is 0 Å². The predicted octanol–water partition coefficient (Wildman–Crippen LogP) is 3.55. The molecule has 4 nitrogen and oxygen atoms in total. The highest BCUT2D eigenvalue weighted by atomic mass is 19.4. The van der Waals surface area contributed by atoms with Gasteiger partial charge in [-0.25, -0.2) is 0 Å². The second kappa shape index (κ2) is 8.76. The molecule has 130 valence electrons. The molecule has 23 heavy (non-hydrogen) atoms. The standard InChI is InChI=1S/C16H22F3NO3/c1-11(8-12(10-20)9-15(21)22)6-7-23-14-5-3-2-4-13(14)16(17,18)19/h2-5,11-12H,6-10,20H2,1H3,(H,21,22). The molecule has 3 N–H and O–H groups in total. The molecule has 0 aromatic heterocycles. The third-order valence-corrected chi connectivity index (χ3v) is 3.59. The second-order valence-electron chi connectivity index (χ2n) is 5.67. The van der Waals surface area contributed by atoms with E-state index in [9.17, 15) is 18.0 Å². The van der Waals surface area contributed by atoms with Crippen LogP contribution in [0, 0.1) is 11.8 Å². The van der Waals surface area contributed by atoms with Crippen LogP contribution in [-0.2, 0) is 11.0 Å². The fraction of sp³-hybridized carbons (Fsp3) is 0.562. The Bertz CT molecular complexity index is 506. The first-order chi connectivity index (χ1) is 10.7. The number of para-hydroxylation sites is 1. The molecule has 0 aliphatic rings. The van der Waals surface area contributed by atoms with E-state index in [1.54, 1.807) is 0 Å². The van der Waals surface area contributed by atoms with Crippen molar-refractivity contribution in [1.29, 1.82) is 0 Å². The minimum Gasteiger partial charge on any atom is -0.493 e. The van der Waals surface area contributed by atoms with E-state index in [1.807, 2.05) is 6.92 Å². The van der Waals surface area contributed by atoms with E-state index in [4.69, 9.17) is 15.6 Å². The normalized spacial score (nSPS) is 14.3. The lowest BCUT2D eigenvalue weighted by Crippen LogP contribution is -2.21. The Balaban J connectivity index is 2.49. The van der Waals surface area contributed by atoms with E-state index < -0.39 is 17.7 Å². The number of ether oxygens (including phenoxy) is 1. The topological polar surface area (TPSA) is 72.5 Å². The number of alkyl halides is 3. The Morgan fingerprint density at radius 1 is 1.35 bits per heavy atom. The minimum absolute atomic E-state index is 0.00138. The molecule has 2 atom stereocenters. The highest BCUT2D eigenvalue weighted by Gasteiger charge is 2.34. The highest BCUT2D eigenvalue weighted by molar-refractivity contribution is 5.67. The first-order valence-electron chi connectivity index (χ1n) is 7.45. The Labute approximate surface area is 133 Å². The summed E-state index contributed by atoms with van der Waals surface area (Å²) >= 11 is 0. The number of hydrogen-bond donors (Lipinski definition) is 2. The van der Waals surface area contributed by atoms with Crippen LogP contribution in [0.3, 0.4) is 0 Å². The first kappa shape index (κ1) is 19.3. The average molecular weight is 333 g/mol. The Morgan fingerprint density at radius 3 is 2.57 bits per heavy atom. The fourth-order valence-electron chi connectivity index (χ4n) is 2.39. The summed E-state index contributed by atoms with van der Waals surface area (Å²) in [6, 6.07) is 5.08.